The van der Waals surface area contributed by atoms with E-state index in [1.165, 1.54) is 0 Å². The minimum Gasteiger partial charge on any atom is -0.480 e. The molecule has 0 saturated carbocycles. The molecule has 4 aromatic carbocycles. The van der Waals surface area contributed by atoms with Gasteiger partial charge in [-0.1, -0.05) is 91.0 Å². The minimum atomic E-state index is -3.78. The van der Waals surface area contributed by atoms with E-state index in [1.807, 2.05) is 66.7 Å². The van der Waals surface area contributed by atoms with Crippen LogP contribution in [0.3, 0.4) is 0 Å². The zero-order valence-corrected chi connectivity index (χ0v) is 19.9. The molecule has 0 amide bonds. The lowest BCUT2D eigenvalue weighted by Crippen LogP contribution is -2.39. The van der Waals surface area contributed by atoms with Gasteiger partial charge in [0.25, 0.3) is 0 Å². The Morgan fingerprint density at radius 3 is 1.66 bits per heavy atom. The number of hydrogen-bond acceptors (Lipinski definition) is 5. The van der Waals surface area contributed by atoms with Crippen LogP contribution in [0.5, 0.6) is 11.5 Å². The first kappa shape index (κ1) is 24.3. The molecule has 0 saturated heterocycles. The van der Waals surface area contributed by atoms with Crippen molar-refractivity contribution in [3.63, 3.8) is 0 Å². The Bertz CT molecular complexity index is 1220. The molecular weight excluding hydrogens is 461 g/mol. The van der Waals surface area contributed by atoms with E-state index in [1.54, 1.807) is 48.5 Å². The smallest absolute Gasteiger partial charge is 0.444 e. The van der Waals surface area contributed by atoms with Crippen molar-refractivity contribution in [1.29, 1.82) is 0 Å². The summed E-state index contributed by atoms with van der Waals surface area (Å²) in [7, 11) is -3.78. The molecule has 0 bridgehead atoms. The number of hydrogen-bond donors (Lipinski definition) is 2. The molecule has 4 aromatic rings. The highest BCUT2D eigenvalue weighted by Gasteiger charge is 2.31. The Morgan fingerprint density at radius 2 is 1.17 bits per heavy atom. The topological polar surface area (TPSA) is 84.9 Å². The molecular formula is C28H26NO5P. The number of aliphatic carboxylic acids is 1. The Labute approximate surface area is 204 Å². The lowest BCUT2D eigenvalue weighted by molar-refractivity contribution is -0.139. The van der Waals surface area contributed by atoms with Crippen LogP contribution in [0.25, 0.3) is 11.1 Å². The van der Waals surface area contributed by atoms with E-state index in [0.717, 1.165) is 16.7 Å². The van der Waals surface area contributed by atoms with Crippen LogP contribution >= 0.6 is 7.60 Å². The van der Waals surface area contributed by atoms with E-state index in [-0.39, 0.29) is 12.7 Å². The summed E-state index contributed by atoms with van der Waals surface area (Å²) in [5.41, 5.74) is 2.97. The van der Waals surface area contributed by atoms with Crippen LogP contribution in [0, 0.1) is 0 Å². The van der Waals surface area contributed by atoms with Crippen LogP contribution in [-0.4, -0.2) is 23.4 Å². The summed E-state index contributed by atoms with van der Waals surface area (Å²) in [6, 6.07) is 34.1. The predicted octanol–water partition coefficient (Wildman–Crippen LogP) is 6.25. The van der Waals surface area contributed by atoms with Gasteiger partial charge in [0.05, 0.1) is 0 Å². The predicted molar refractivity (Wildman–Crippen MR) is 137 cm³/mol. The first-order valence-electron chi connectivity index (χ1n) is 11.2. The van der Waals surface area contributed by atoms with Gasteiger partial charge in [-0.3, -0.25) is 10.1 Å². The SMILES string of the molecule is O=C(O)[C@H](Cc1ccc(-c2ccccc2)cc1)NCP(=O)(Oc1ccccc1)Oc1ccccc1. The molecule has 0 aromatic heterocycles. The summed E-state index contributed by atoms with van der Waals surface area (Å²) in [6.45, 7) is 0. The fraction of sp³-hybridized carbons (Fsp3) is 0.107. The molecule has 0 spiro atoms. The van der Waals surface area contributed by atoms with Crippen LogP contribution in [0.15, 0.2) is 115 Å². The Hall–Kier alpha value is -3.86. The maximum absolute atomic E-state index is 13.6. The highest BCUT2D eigenvalue weighted by molar-refractivity contribution is 7.54. The van der Waals surface area contributed by atoms with E-state index in [4.69, 9.17) is 9.05 Å². The van der Waals surface area contributed by atoms with Crippen LogP contribution in [0.4, 0.5) is 0 Å². The summed E-state index contributed by atoms with van der Waals surface area (Å²) in [5.74, 6) is -0.308. The summed E-state index contributed by atoms with van der Waals surface area (Å²) in [5, 5.41) is 12.7. The molecule has 0 aliphatic carbocycles. The van der Waals surface area contributed by atoms with Crippen molar-refractivity contribution < 1.29 is 23.5 Å². The van der Waals surface area contributed by atoms with Gasteiger partial charge >= 0.3 is 13.6 Å². The van der Waals surface area contributed by atoms with Crippen LogP contribution in [0.2, 0.25) is 0 Å². The van der Waals surface area contributed by atoms with Gasteiger partial charge < -0.3 is 14.2 Å². The highest BCUT2D eigenvalue weighted by Crippen LogP contribution is 2.47. The zero-order valence-electron chi connectivity index (χ0n) is 19.0. The second kappa shape index (κ2) is 11.5. The van der Waals surface area contributed by atoms with Crippen molar-refractivity contribution in [3.05, 3.63) is 121 Å². The molecule has 178 valence electrons. The summed E-state index contributed by atoms with van der Waals surface area (Å²) in [6.07, 6.45) is -0.0725. The lowest BCUT2D eigenvalue weighted by Gasteiger charge is -2.22. The van der Waals surface area contributed by atoms with Gasteiger partial charge in [0.2, 0.25) is 0 Å². The summed E-state index contributed by atoms with van der Waals surface area (Å²) in [4.78, 5) is 12.0. The van der Waals surface area contributed by atoms with E-state index in [9.17, 15) is 14.5 Å². The minimum absolute atomic E-state index is 0.209. The van der Waals surface area contributed by atoms with E-state index in [2.05, 4.69) is 5.32 Å². The molecule has 0 heterocycles. The number of carboxylic acid groups (broad SMARTS) is 1. The Kier molecular flexibility index (Phi) is 7.99. The number of carbonyl (C=O) groups is 1. The molecule has 35 heavy (non-hydrogen) atoms. The second-order valence-corrected chi connectivity index (χ2v) is 9.84. The first-order valence-corrected chi connectivity index (χ1v) is 12.9. The monoisotopic (exact) mass is 487 g/mol. The van der Waals surface area contributed by atoms with Crippen molar-refractivity contribution in [2.45, 2.75) is 12.5 Å². The molecule has 0 aliphatic heterocycles. The van der Waals surface area contributed by atoms with Crippen LogP contribution < -0.4 is 14.4 Å². The molecule has 0 radical (unpaired) electrons. The summed E-state index contributed by atoms with van der Waals surface area (Å²) >= 11 is 0. The van der Waals surface area contributed by atoms with Crippen molar-refractivity contribution in [1.82, 2.24) is 5.32 Å². The molecule has 0 fully saturated rings. The van der Waals surface area contributed by atoms with Crippen molar-refractivity contribution in [3.8, 4) is 22.6 Å². The molecule has 2 N–H and O–H groups in total. The molecule has 6 nitrogen and oxygen atoms in total. The number of carboxylic acids is 1. The van der Waals surface area contributed by atoms with Gasteiger partial charge in [0, 0.05) is 0 Å². The summed E-state index contributed by atoms with van der Waals surface area (Å²) < 4.78 is 25.1. The maximum atomic E-state index is 13.6. The highest BCUT2D eigenvalue weighted by atomic mass is 31.2. The van der Waals surface area contributed by atoms with Crippen molar-refractivity contribution in [2.75, 3.05) is 6.29 Å². The van der Waals surface area contributed by atoms with Gasteiger partial charge in [-0.2, -0.15) is 0 Å². The van der Waals surface area contributed by atoms with E-state index in [0.29, 0.717) is 11.5 Å². The molecule has 1 atom stereocenters. The average molecular weight is 487 g/mol. The third kappa shape index (κ3) is 7.06. The average Bonchev–Trinajstić information content (AvgIpc) is 2.88. The number of para-hydroxylation sites is 2. The molecule has 4 rings (SSSR count). The lowest BCUT2D eigenvalue weighted by atomic mass is 10.0. The first-order chi connectivity index (χ1) is 17.0. The fourth-order valence-corrected chi connectivity index (χ4v) is 5.03. The molecule has 0 unspecified atom stereocenters. The van der Waals surface area contributed by atoms with Crippen molar-refractivity contribution >= 4 is 13.6 Å². The molecule has 7 heteroatoms. The van der Waals surface area contributed by atoms with Crippen molar-refractivity contribution in [2.24, 2.45) is 0 Å². The maximum Gasteiger partial charge on any atom is 0.444 e. The molecule has 0 aliphatic rings. The quantitative estimate of drug-likeness (QED) is 0.243. The number of benzene rings is 4. The fourth-order valence-electron chi connectivity index (χ4n) is 3.54. The largest absolute Gasteiger partial charge is 0.480 e. The van der Waals surface area contributed by atoms with Crippen LogP contribution in [0.1, 0.15) is 5.56 Å². The van der Waals surface area contributed by atoms with Gasteiger partial charge in [0.15, 0.2) is 0 Å². The third-order valence-corrected chi connectivity index (χ3v) is 6.85. The van der Waals surface area contributed by atoms with Gasteiger partial charge in [-0.25, -0.2) is 4.57 Å². The normalized spacial score (nSPS) is 12.0. The number of rotatable bonds is 11. The Balaban J connectivity index is 1.47. The second-order valence-electron chi connectivity index (χ2n) is 7.94. The van der Waals surface area contributed by atoms with Gasteiger partial charge in [-0.15, -0.1) is 0 Å². The Morgan fingerprint density at radius 1 is 0.714 bits per heavy atom. The van der Waals surface area contributed by atoms with Crippen LogP contribution in [-0.2, 0) is 15.8 Å². The van der Waals surface area contributed by atoms with Gasteiger partial charge in [-0.05, 0) is 47.4 Å². The number of nitrogens with one attached hydrogen (secondary N) is 1. The van der Waals surface area contributed by atoms with Gasteiger partial charge in [0.1, 0.15) is 23.8 Å². The van der Waals surface area contributed by atoms with E-state index >= 15 is 0 Å². The van der Waals surface area contributed by atoms with E-state index < -0.39 is 19.6 Å². The zero-order chi connectivity index (χ0) is 24.5. The third-order valence-electron chi connectivity index (χ3n) is 5.31. The standard InChI is InChI=1S/C28H26NO5P/c30-28(31)27(20-22-16-18-24(19-17-22)23-10-4-1-5-11-23)29-21-35(32,33-25-12-6-2-7-13-25)34-26-14-8-3-9-15-26/h1-19,27,29H,20-21H2,(H,30,31)/t27-/m0/s1.